The maximum atomic E-state index is 12.9. The fourth-order valence-electron chi connectivity index (χ4n) is 2.57. The van der Waals surface area contributed by atoms with Crippen molar-refractivity contribution in [2.24, 2.45) is 0 Å². The third-order valence-corrected chi connectivity index (χ3v) is 5.99. The summed E-state index contributed by atoms with van der Waals surface area (Å²) in [6.45, 7) is -0.186. The van der Waals surface area contributed by atoms with Gasteiger partial charge in [-0.05, 0) is 24.3 Å². The predicted molar refractivity (Wildman–Crippen MR) is 101 cm³/mol. The Morgan fingerprint density at radius 1 is 1.07 bits per heavy atom. The van der Waals surface area contributed by atoms with Crippen LogP contribution in [-0.2, 0) is 21.4 Å². The number of hydrogen-bond donors (Lipinski definition) is 0. The molecule has 1 amide bonds. The van der Waals surface area contributed by atoms with E-state index >= 15 is 0 Å². The molecule has 0 bridgehead atoms. The molecule has 0 saturated heterocycles. The van der Waals surface area contributed by atoms with Gasteiger partial charge in [-0.3, -0.25) is 13.7 Å². The summed E-state index contributed by atoms with van der Waals surface area (Å²) in [7, 11) is 0.780. The lowest BCUT2D eigenvalue weighted by Crippen LogP contribution is -2.29. The van der Waals surface area contributed by atoms with Crippen LogP contribution in [0.25, 0.3) is 11.1 Å². The van der Waals surface area contributed by atoms with Gasteiger partial charge in [0.25, 0.3) is 10.0 Å². The Balaban J connectivity index is 2.02. The highest BCUT2D eigenvalue weighted by Crippen LogP contribution is 2.24. The van der Waals surface area contributed by atoms with Crippen LogP contribution in [0.2, 0.25) is 0 Å². The van der Waals surface area contributed by atoms with E-state index in [9.17, 15) is 18.0 Å². The number of carbonyl (C=O) groups excluding carboxylic acids is 1. The van der Waals surface area contributed by atoms with Crippen molar-refractivity contribution in [3.63, 3.8) is 0 Å². The molecular formula is C18H19N3O5S. The minimum atomic E-state index is -3.84. The van der Waals surface area contributed by atoms with Crippen LogP contribution in [-0.4, -0.2) is 44.9 Å². The molecule has 0 spiro atoms. The van der Waals surface area contributed by atoms with E-state index < -0.39 is 15.8 Å². The van der Waals surface area contributed by atoms with Crippen LogP contribution in [0.15, 0.2) is 62.6 Å². The summed E-state index contributed by atoms with van der Waals surface area (Å²) in [4.78, 5) is 25.3. The minimum Gasteiger partial charge on any atom is -0.408 e. The van der Waals surface area contributed by atoms with Crippen molar-refractivity contribution >= 4 is 32.7 Å². The average Bonchev–Trinajstić information content (AvgIpc) is 2.96. The lowest BCUT2D eigenvalue weighted by atomic mass is 10.3. The fourth-order valence-corrected chi connectivity index (χ4v) is 3.78. The van der Waals surface area contributed by atoms with Crippen LogP contribution >= 0.6 is 0 Å². The first-order valence-corrected chi connectivity index (χ1v) is 9.53. The van der Waals surface area contributed by atoms with Gasteiger partial charge in [-0.15, -0.1) is 0 Å². The topological polar surface area (TPSA) is 92.8 Å². The van der Waals surface area contributed by atoms with Crippen LogP contribution in [0.4, 0.5) is 5.69 Å². The second-order valence-corrected chi connectivity index (χ2v) is 8.15. The Morgan fingerprint density at radius 3 is 2.37 bits per heavy atom. The zero-order valence-electron chi connectivity index (χ0n) is 15.1. The van der Waals surface area contributed by atoms with Crippen molar-refractivity contribution in [1.82, 2.24) is 9.47 Å². The second kappa shape index (κ2) is 6.92. The molecule has 0 aliphatic heterocycles. The summed E-state index contributed by atoms with van der Waals surface area (Å²) in [6, 6.07) is 12.8. The van der Waals surface area contributed by atoms with E-state index in [2.05, 4.69) is 0 Å². The van der Waals surface area contributed by atoms with Gasteiger partial charge >= 0.3 is 5.76 Å². The Kier molecular flexibility index (Phi) is 4.79. The molecule has 1 heterocycles. The van der Waals surface area contributed by atoms with Gasteiger partial charge in [0, 0.05) is 27.2 Å². The van der Waals surface area contributed by atoms with Gasteiger partial charge in [-0.25, -0.2) is 13.2 Å². The van der Waals surface area contributed by atoms with Crippen LogP contribution in [0, 0.1) is 0 Å². The lowest BCUT2D eigenvalue weighted by Gasteiger charge is -2.19. The number of hydrogen-bond acceptors (Lipinski definition) is 5. The molecule has 3 rings (SSSR count). The van der Waals surface area contributed by atoms with Gasteiger partial charge < -0.3 is 9.32 Å². The summed E-state index contributed by atoms with van der Waals surface area (Å²) in [5.74, 6) is -0.994. The Labute approximate surface area is 156 Å². The Hall–Kier alpha value is -3.07. The van der Waals surface area contributed by atoms with Crippen LogP contribution < -0.4 is 10.1 Å². The highest BCUT2D eigenvalue weighted by Gasteiger charge is 2.23. The van der Waals surface area contributed by atoms with Crippen molar-refractivity contribution in [3.8, 4) is 0 Å². The summed E-state index contributed by atoms with van der Waals surface area (Å²) < 4.78 is 33.2. The molecule has 0 aliphatic rings. The van der Waals surface area contributed by atoms with E-state index in [1.165, 1.54) is 34.7 Å². The third-order valence-electron chi connectivity index (χ3n) is 4.21. The van der Waals surface area contributed by atoms with E-state index in [1.54, 1.807) is 44.4 Å². The van der Waals surface area contributed by atoms with Crippen molar-refractivity contribution in [1.29, 1.82) is 0 Å². The minimum absolute atomic E-state index is 0.0128. The number of likely N-dealkylation sites (N-methyl/N-ethyl adjacent to an activating group) is 1. The smallest absolute Gasteiger partial charge is 0.408 e. The van der Waals surface area contributed by atoms with Gasteiger partial charge in [-0.2, -0.15) is 0 Å². The number of nitrogens with zero attached hydrogens (tertiary/aromatic N) is 3. The van der Waals surface area contributed by atoms with Crippen LogP contribution in [0.1, 0.15) is 0 Å². The number of rotatable bonds is 5. The third kappa shape index (κ3) is 3.45. The number of benzene rings is 2. The summed E-state index contributed by atoms with van der Waals surface area (Å²) in [5.41, 5.74) is 0.971. The van der Waals surface area contributed by atoms with E-state index in [4.69, 9.17) is 4.42 Å². The fraction of sp³-hybridized carbons (Fsp3) is 0.222. The number of para-hydroxylation sites is 1. The molecule has 2 aromatic carbocycles. The lowest BCUT2D eigenvalue weighted by molar-refractivity contribution is -0.129. The Bertz CT molecular complexity index is 1150. The van der Waals surface area contributed by atoms with Gasteiger partial charge in [-0.1, -0.05) is 18.2 Å². The maximum absolute atomic E-state index is 12.9. The predicted octanol–water partition coefficient (Wildman–Crippen LogP) is 1.51. The zero-order valence-corrected chi connectivity index (χ0v) is 15.9. The first-order valence-electron chi connectivity index (χ1n) is 8.09. The molecule has 27 heavy (non-hydrogen) atoms. The number of sulfonamides is 1. The largest absolute Gasteiger partial charge is 0.420 e. The molecule has 9 heteroatoms. The molecule has 3 aromatic rings. The van der Waals surface area contributed by atoms with Gasteiger partial charge in [0.1, 0.15) is 6.54 Å². The number of oxazole rings is 1. The van der Waals surface area contributed by atoms with Gasteiger partial charge in [0.2, 0.25) is 5.91 Å². The molecule has 142 valence electrons. The van der Waals surface area contributed by atoms with Gasteiger partial charge in [0.15, 0.2) is 5.58 Å². The number of anilines is 1. The Morgan fingerprint density at radius 2 is 1.74 bits per heavy atom. The quantitative estimate of drug-likeness (QED) is 0.659. The molecule has 0 radical (unpaired) electrons. The second-order valence-electron chi connectivity index (χ2n) is 6.18. The summed E-state index contributed by atoms with van der Waals surface area (Å²) >= 11 is 0. The standard InChI is InChI=1S/C18H19N3O5S/c1-19(2)17(22)12-21-15-10-9-14(11-16(15)26-18(21)23)27(24,25)20(3)13-7-5-4-6-8-13/h4-11H,12H2,1-3H3. The van der Waals surface area contributed by atoms with E-state index in [-0.39, 0.29) is 22.9 Å². The molecule has 1 aromatic heterocycles. The zero-order chi connectivity index (χ0) is 19.8. The maximum Gasteiger partial charge on any atom is 0.420 e. The highest BCUT2D eigenvalue weighted by molar-refractivity contribution is 7.92. The first kappa shape index (κ1) is 18.7. The number of carbonyl (C=O) groups is 1. The van der Waals surface area contributed by atoms with E-state index in [0.717, 1.165) is 4.31 Å². The molecule has 0 fully saturated rings. The molecule has 8 nitrogen and oxygen atoms in total. The van der Waals surface area contributed by atoms with E-state index in [0.29, 0.717) is 11.2 Å². The molecular weight excluding hydrogens is 370 g/mol. The molecule has 0 aliphatic carbocycles. The number of amides is 1. The SMILES string of the molecule is CN(C)C(=O)Cn1c(=O)oc2cc(S(=O)(=O)N(C)c3ccccc3)ccc21. The normalized spacial score (nSPS) is 11.5. The van der Waals surface area contributed by atoms with Crippen molar-refractivity contribution < 1.29 is 17.6 Å². The number of fused-ring (bicyclic) bond motifs is 1. The molecule has 0 N–H and O–H groups in total. The van der Waals surface area contributed by atoms with E-state index in [1.807, 2.05) is 0 Å². The summed E-state index contributed by atoms with van der Waals surface area (Å²) in [6.07, 6.45) is 0. The van der Waals surface area contributed by atoms with Crippen molar-refractivity contribution in [3.05, 3.63) is 59.1 Å². The van der Waals surface area contributed by atoms with Gasteiger partial charge in [0.05, 0.1) is 16.1 Å². The summed E-state index contributed by atoms with van der Waals surface area (Å²) in [5, 5.41) is 0. The number of aromatic nitrogens is 1. The monoisotopic (exact) mass is 389 g/mol. The average molecular weight is 389 g/mol. The molecule has 0 saturated carbocycles. The molecule has 0 atom stereocenters. The van der Waals surface area contributed by atoms with Crippen LogP contribution in [0.3, 0.4) is 0 Å². The first-order chi connectivity index (χ1) is 12.7. The van der Waals surface area contributed by atoms with Crippen molar-refractivity contribution in [2.45, 2.75) is 11.4 Å². The molecule has 0 unspecified atom stereocenters. The highest BCUT2D eigenvalue weighted by atomic mass is 32.2. The van der Waals surface area contributed by atoms with Crippen LogP contribution in [0.5, 0.6) is 0 Å². The van der Waals surface area contributed by atoms with Crippen molar-refractivity contribution in [2.75, 3.05) is 25.4 Å².